The Labute approximate surface area is 370 Å². The van der Waals surface area contributed by atoms with E-state index in [4.69, 9.17) is 21.7 Å². The van der Waals surface area contributed by atoms with E-state index in [-0.39, 0.29) is 68.0 Å². The van der Waals surface area contributed by atoms with Gasteiger partial charge in [0.2, 0.25) is 17.7 Å². The lowest BCUT2D eigenvalue weighted by Crippen LogP contribution is -2.55. The van der Waals surface area contributed by atoms with Crippen molar-refractivity contribution in [3.05, 3.63) is 40.2 Å². The molecule has 0 saturated carbocycles. The molecule has 1 fully saturated rings. The van der Waals surface area contributed by atoms with Crippen LogP contribution in [0.25, 0.3) is 0 Å². The standard InChI is InChI=1S/C45H67N7O9S/c1-10-12-15-22-60-52(43(57)39(29(5)11-2)41(56)50-37-16-13-14-21-51(37)9)34(28(3)4)24-35(61-30(6)53)42-49-36(27-62-42)48-40(55)32(25-45(7,8)44(58)59)23-31-17-19-33(20-18-31)47-38(54)26-46/h1,17-20,27-29,32,34-35,37,39H,11-16,21-26,46H2,2-9H3,(H,47,54)(H,48,55)(H,50,56)(H,58,59)/t29-,32-,34+,35+,37+,39-/m0/s1. The minimum atomic E-state index is -1.25. The average molecular weight is 882 g/mol. The lowest BCUT2D eigenvalue weighted by molar-refractivity contribution is -0.215. The van der Waals surface area contributed by atoms with Gasteiger partial charge in [-0.1, -0.05) is 46.2 Å². The molecular formula is C45H67N7O9S. The van der Waals surface area contributed by atoms with Crippen LogP contribution in [0.4, 0.5) is 11.5 Å². The third-order valence-corrected chi connectivity index (χ3v) is 12.2. The van der Waals surface area contributed by atoms with Crippen LogP contribution in [0.15, 0.2) is 29.6 Å². The molecule has 3 rings (SSSR count). The highest BCUT2D eigenvalue weighted by atomic mass is 32.1. The number of aromatic nitrogens is 1. The van der Waals surface area contributed by atoms with E-state index in [0.29, 0.717) is 30.0 Å². The minimum Gasteiger partial charge on any atom is -0.481 e. The molecule has 0 aliphatic carbocycles. The monoisotopic (exact) mass is 881 g/mol. The van der Waals surface area contributed by atoms with E-state index in [9.17, 15) is 33.9 Å². The Morgan fingerprint density at radius 2 is 1.79 bits per heavy atom. The van der Waals surface area contributed by atoms with E-state index in [2.05, 4.69) is 31.8 Å². The number of hydrogen-bond acceptors (Lipinski definition) is 12. The van der Waals surface area contributed by atoms with E-state index >= 15 is 0 Å². The molecule has 0 spiro atoms. The average Bonchev–Trinajstić information content (AvgIpc) is 3.68. The number of hydrogen-bond donors (Lipinski definition) is 5. The van der Waals surface area contributed by atoms with Crippen LogP contribution < -0.4 is 21.7 Å². The molecule has 16 nitrogen and oxygen atoms in total. The Hall–Kier alpha value is -4.89. The number of likely N-dealkylation sites (tertiary alicyclic amines) is 1. The number of rotatable bonds is 24. The number of carboxylic acids is 1. The first-order valence-electron chi connectivity index (χ1n) is 21.5. The number of benzene rings is 1. The van der Waals surface area contributed by atoms with Crippen LogP contribution in [0, 0.1) is 41.4 Å². The number of esters is 1. The Balaban J connectivity index is 1.94. The smallest absolute Gasteiger partial charge is 0.309 e. The van der Waals surface area contributed by atoms with Gasteiger partial charge in [0.05, 0.1) is 30.8 Å². The van der Waals surface area contributed by atoms with Crippen LogP contribution in [-0.2, 0) is 44.8 Å². The van der Waals surface area contributed by atoms with Gasteiger partial charge in [0, 0.05) is 36.8 Å². The second-order valence-electron chi connectivity index (χ2n) is 17.1. The Bertz CT molecular complexity index is 1860. The number of piperidine rings is 1. The number of nitrogens with two attached hydrogens (primary N) is 1. The molecule has 1 aliphatic rings. The number of amides is 4. The van der Waals surface area contributed by atoms with Gasteiger partial charge >= 0.3 is 11.9 Å². The van der Waals surface area contributed by atoms with Crippen LogP contribution in [0.3, 0.4) is 0 Å². The summed E-state index contributed by atoms with van der Waals surface area (Å²) >= 11 is 1.15. The molecule has 0 bridgehead atoms. The highest BCUT2D eigenvalue weighted by molar-refractivity contribution is 7.10. The van der Waals surface area contributed by atoms with Gasteiger partial charge in [0.15, 0.2) is 6.10 Å². The molecular weight excluding hydrogens is 815 g/mol. The summed E-state index contributed by atoms with van der Waals surface area (Å²) < 4.78 is 5.85. The molecule has 6 atom stereocenters. The number of nitrogens with one attached hydrogen (secondary N) is 3. The maximum atomic E-state index is 14.8. The second kappa shape index (κ2) is 24.7. The van der Waals surface area contributed by atoms with E-state index in [1.165, 1.54) is 12.0 Å². The largest absolute Gasteiger partial charge is 0.481 e. The Kier molecular flexibility index (Phi) is 20.5. The van der Waals surface area contributed by atoms with Crippen LogP contribution in [-0.4, -0.2) is 94.6 Å². The maximum Gasteiger partial charge on any atom is 0.309 e. The molecule has 2 aromatic rings. The van der Waals surface area contributed by atoms with E-state index < -0.39 is 53.1 Å². The van der Waals surface area contributed by atoms with Crippen molar-refractivity contribution in [3.63, 3.8) is 0 Å². The number of hydroxylamine groups is 2. The van der Waals surface area contributed by atoms with Crippen molar-refractivity contribution in [1.29, 1.82) is 0 Å². The topological polar surface area (TPSA) is 223 Å². The summed E-state index contributed by atoms with van der Waals surface area (Å²) in [5, 5.41) is 21.8. The van der Waals surface area contributed by atoms with Crippen LogP contribution >= 0.6 is 11.3 Å². The summed E-state index contributed by atoms with van der Waals surface area (Å²) in [7, 11) is 1.96. The number of thiazole rings is 1. The minimum absolute atomic E-state index is 0.00118. The summed E-state index contributed by atoms with van der Waals surface area (Å²) in [6.07, 6.45) is 8.79. The fraction of sp³-hybridized carbons (Fsp3) is 0.622. The van der Waals surface area contributed by atoms with Crippen molar-refractivity contribution < 1.29 is 43.4 Å². The molecule has 342 valence electrons. The molecule has 0 unspecified atom stereocenters. The lowest BCUT2D eigenvalue weighted by Gasteiger charge is -2.38. The highest BCUT2D eigenvalue weighted by Crippen LogP contribution is 2.35. The van der Waals surface area contributed by atoms with E-state index in [1.54, 1.807) is 43.5 Å². The molecule has 62 heavy (non-hydrogen) atoms. The summed E-state index contributed by atoms with van der Waals surface area (Å²) in [5.74, 6) is -3.04. The molecule has 17 heteroatoms. The third-order valence-electron chi connectivity index (χ3n) is 11.2. The molecule has 1 aromatic heterocycles. The predicted octanol–water partition coefficient (Wildman–Crippen LogP) is 5.75. The van der Waals surface area contributed by atoms with Crippen molar-refractivity contribution in [2.24, 2.45) is 34.8 Å². The molecule has 1 saturated heterocycles. The van der Waals surface area contributed by atoms with Gasteiger partial charge in [0.25, 0.3) is 5.91 Å². The first-order valence-corrected chi connectivity index (χ1v) is 22.3. The fourth-order valence-corrected chi connectivity index (χ4v) is 8.11. The first-order chi connectivity index (χ1) is 29.3. The summed E-state index contributed by atoms with van der Waals surface area (Å²) in [6, 6.07) is 6.15. The summed E-state index contributed by atoms with van der Waals surface area (Å²) in [4.78, 5) is 92.3. The quantitative estimate of drug-likeness (QED) is 0.0280. The van der Waals surface area contributed by atoms with Crippen molar-refractivity contribution in [2.45, 2.75) is 125 Å². The van der Waals surface area contributed by atoms with Crippen molar-refractivity contribution in [1.82, 2.24) is 20.3 Å². The van der Waals surface area contributed by atoms with Gasteiger partial charge in [-0.15, -0.1) is 23.7 Å². The molecule has 2 heterocycles. The van der Waals surface area contributed by atoms with Crippen LogP contribution in [0.2, 0.25) is 0 Å². The van der Waals surface area contributed by atoms with Crippen LogP contribution in [0.5, 0.6) is 0 Å². The number of ether oxygens (including phenoxy) is 1. The molecule has 1 aliphatic heterocycles. The number of unbranched alkanes of at least 4 members (excludes halogenated alkanes) is 1. The molecule has 6 N–H and O–H groups in total. The fourth-order valence-electron chi connectivity index (χ4n) is 7.32. The SMILES string of the molecule is C#CCCCON(C(=O)[C@H](C(=O)N[C@H]1CCCCN1C)[C@@H](C)CC)[C@H](C[C@@H](OC(C)=O)c1nc(NC(=O)[C@@H](Cc2ccc(NC(=O)CN)cc2)CC(C)(C)C(=O)O)cs1)C(C)C. The van der Waals surface area contributed by atoms with E-state index in [0.717, 1.165) is 42.7 Å². The Morgan fingerprint density at radius 1 is 1.10 bits per heavy atom. The Morgan fingerprint density at radius 3 is 2.37 bits per heavy atom. The zero-order valence-corrected chi connectivity index (χ0v) is 38.3. The van der Waals surface area contributed by atoms with Gasteiger partial charge < -0.3 is 31.5 Å². The zero-order valence-electron chi connectivity index (χ0n) is 37.5. The van der Waals surface area contributed by atoms with Crippen molar-refractivity contribution in [2.75, 3.05) is 37.4 Å². The summed E-state index contributed by atoms with van der Waals surface area (Å²) in [6.45, 7) is 12.8. The number of carbonyl (C=O) groups is 6. The molecule has 4 amide bonds. The van der Waals surface area contributed by atoms with E-state index in [1.807, 2.05) is 34.7 Å². The number of anilines is 2. The van der Waals surface area contributed by atoms with Crippen molar-refractivity contribution in [3.8, 4) is 12.3 Å². The normalized spacial score (nSPS) is 16.8. The third kappa shape index (κ3) is 15.5. The van der Waals surface area contributed by atoms with Gasteiger partial charge in [-0.25, -0.2) is 10.0 Å². The molecule has 0 radical (unpaired) electrons. The number of carbonyl (C=O) groups excluding carboxylic acids is 5. The predicted molar refractivity (Wildman–Crippen MR) is 238 cm³/mol. The summed E-state index contributed by atoms with van der Waals surface area (Å²) in [5.41, 5.74) is 5.42. The molecule has 1 aromatic carbocycles. The first kappa shape index (κ1) is 51.5. The second-order valence-corrected chi connectivity index (χ2v) is 18.0. The number of carboxylic acid groups (broad SMARTS) is 1. The maximum absolute atomic E-state index is 14.8. The van der Waals surface area contributed by atoms with Gasteiger partial charge in [-0.2, -0.15) is 0 Å². The van der Waals surface area contributed by atoms with Crippen molar-refractivity contribution >= 4 is 58.4 Å². The lowest BCUT2D eigenvalue weighted by atomic mass is 9.80. The van der Waals surface area contributed by atoms with Crippen LogP contribution in [0.1, 0.15) is 117 Å². The van der Waals surface area contributed by atoms with Gasteiger partial charge in [0.1, 0.15) is 16.7 Å². The highest BCUT2D eigenvalue weighted by Gasteiger charge is 2.42. The van der Waals surface area contributed by atoms with Gasteiger partial charge in [-0.05, 0) is 95.5 Å². The van der Waals surface area contributed by atoms with Gasteiger partial charge in [-0.3, -0.25) is 38.5 Å². The number of nitrogens with zero attached hydrogens (tertiary/aromatic N) is 3. The number of aliphatic carboxylic acids is 1. The number of terminal acetylenes is 1. The zero-order chi connectivity index (χ0) is 46.1.